The Hall–Kier alpha value is -1.52. The summed E-state index contributed by atoms with van der Waals surface area (Å²) in [7, 11) is -3.79. The van der Waals surface area contributed by atoms with Crippen molar-refractivity contribution >= 4 is 16.1 Å². The SMILES string of the molecule is O=C1CN(S(=O)(=O)N2CCOCC2)CC(O)CN1Cc1ccccc1. The van der Waals surface area contributed by atoms with Crippen LogP contribution in [0.2, 0.25) is 0 Å². The van der Waals surface area contributed by atoms with Crippen molar-refractivity contribution in [1.82, 2.24) is 13.5 Å². The van der Waals surface area contributed by atoms with Crippen LogP contribution in [0.5, 0.6) is 0 Å². The number of hydrogen-bond acceptors (Lipinski definition) is 5. The lowest BCUT2D eigenvalue weighted by molar-refractivity contribution is -0.131. The second-order valence-corrected chi connectivity index (χ2v) is 8.15. The minimum Gasteiger partial charge on any atom is -0.390 e. The topological polar surface area (TPSA) is 90.4 Å². The van der Waals surface area contributed by atoms with Crippen LogP contribution in [0.25, 0.3) is 0 Å². The maximum atomic E-state index is 12.8. The van der Waals surface area contributed by atoms with Gasteiger partial charge in [-0.2, -0.15) is 17.0 Å². The van der Waals surface area contributed by atoms with E-state index in [0.29, 0.717) is 19.8 Å². The number of rotatable bonds is 4. The molecule has 1 amide bonds. The molecule has 0 saturated carbocycles. The molecular formula is C16H23N3O5S. The summed E-state index contributed by atoms with van der Waals surface area (Å²) in [6, 6.07) is 9.44. The maximum Gasteiger partial charge on any atom is 0.282 e. The summed E-state index contributed by atoms with van der Waals surface area (Å²) in [5.74, 6) is -0.308. The summed E-state index contributed by atoms with van der Waals surface area (Å²) in [5, 5.41) is 10.2. The Morgan fingerprint density at radius 3 is 2.44 bits per heavy atom. The molecule has 2 aliphatic rings. The first-order valence-electron chi connectivity index (χ1n) is 8.29. The molecule has 1 aromatic rings. The third-order valence-corrected chi connectivity index (χ3v) is 6.30. The Labute approximate surface area is 147 Å². The van der Waals surface area contributed by atoms with Crippen molar-refractivity contribution in [3.63, 3.8) is 0 Å². The predicted octanol–water partition coefficient (Wildman–Crippen LogP) is -0.731. The van der Waals surface area contributed by atoms with Gasteiger partial charge >= 0.3 is 0 Å². The third-order valence-electron chi connectivity index (χ3n) is 4.35. The highest BCUT2D eigenvalue weighted by molar-refractivity contribution is 7.86. The van der Waals surface area contributed by atoms with Crippen LogP contribution in [-0.2, 0) is 26.3 Å². The largest absolute Gasteiger partial charge is 0.390 e. The molecule has 9 heteroatoms. The van der Waals surface area contributed by atoms with Gasteiger partial charge in [0.2, 0.25) is 5.91 Å². The molecule has 8 nitrogen and oxygen atoms in total. The van der Waals surface area contributed by atoms with Gasteiger partial charge in [-0.25, -0.2) is 0 Å². The molecular weight excluding hydrogens is 346 g/mol. The summed E-state index contributed by atoms with van der Waals surface area (Å²) >= 11 is 0. The first-order chi connectivity index (χ1) is 12.0. The number of β-amino-alcohol motifs (C(OH)–C–C–N with tert-alkyl or cyclic N) is 1. The van der Waals surface area contributed by atoms with E-state index in [1.54, 1.807) is 0 Å². The fourth-order valence-electron chi connectivity index (χ4n) is 3.04. The van der Waals surface area contributed by atoms with Gasteiger partial charge in [-0.15, -0.1) is 0 Å². The molecule has 0 aromatic heterocycles. The molecule has 1 aromatic carbocycles. The fraction of sp³-hybridized carbons (Fsp3) is 0.562. The Morgan fingerprint density at radius 2 is 1.76 bits per heavy atom. The molecule has 0 radical (unpaired) electrons. The quantitative estimate of drug-likeness (QED) is 0.756. The van der Waals surface area contributed by atoms with Crippen molar-refractivity contribution in [2.75, 3.05) is 45.9 Å². The molecule has 25 heavy (non-hydrogen) atoms. The molecule has 0 aliphatic carbocycles. The zero-order chi connectivity index (χ0) is 17.9. The van der Waals surface area contributed by atoms with Gasteiger partial charge < -0.3 is 14.7 Å². The van der Waals surface area contributed by atoms with E-state index in [-0.39, 0.29) is 38.6 Å². The lowest BCUT2D eigenvalue weighted by Gasteiger charge is -2.31. The van der Waals surface area contributed by atoms with Gasteiger partial charge in [0.25, 0.3) is 10.2 Å². The molecule has 2 heterocycles. The Balaban J connectivity index is 1.73. The van der Waals surface area contributed by atoms with Crippen molar-refractivity contribution in [2.45, 2.75) is 12.6 Å². The van der Waals surface area contributed by atoms with E-state index in [0.717, 1.165) is 9.87 Å². The van der Waals surface area contributed by atoms with E-state index in [2.05, 4.69) is 0 Å². The Bertz CT molecular complexity index is 691. The maximum absolute atomic E-state index is 12.8. The van der Waals surface area contributed by atoms with E-state index < -0.39 is 16.3 Å². The summed E-state index contributed by atoms with van der Waals surface area (Å²) in [6.07, 6.45) is -0.925. The molecule has 138 valence electrons. The van der Waals surface area contributed by atoms with E-state index in [1.165, 1.54) is 9.21 Å². The molecule has 2 saturated heterocycles. The number of aliphatic hydroxyl groups is 1. The van der Waals surface area contributed by atoms with Gasteiger partial charge in [-0.3, -0.25) is 4.79 Å². The van der Waals surface area contributed by atoms with Crippen LogP contribution < -0.4 is 0 Å². The van der Waals surface area contributed by atoms with Crippen LogP contribution >= 0.6 is 0 Å². The van der Waals surface area contributed by atoms with Crippen LogP contribution in [0.1, 0.15) is 5.56 Å². The predicted molar refractivity (Wildman–Crippen MR) is 90.8 cm³/mol. The van der Waals surface area contributed by atoms with Gasteiger partial charge in [-0.1, -0.05) is 30.3 Å². The van der Waals surface area contributed by atoms with Crippen molar-refractivity contribution in [2.24, 2.45) is 0 Å². The summed E-state index contributed by atoms with van der Waals surface area (Å²) in [4.78, 5) is 14.1. The fourth-order valence-corrected chi connectivity index (χ4v) is 4.61. The van der Waals surface area contributed by atoms with Gasteiger partial charge in [-0.05, 0) is 5.56 Å². The van der Waals surface area contributed by atoms with E-state index >= 15 is 0 Å². The number of nitrogens with zero attached hydrogens (tertiary/aromatic N) is 3. The first-order valence-corrected chi connectivity index (χ1v) is 9.69. The smallest absolute Gasteiger partial charge is 0.282 e. The van der Waals surface area contributed by atoms with Crippen LogP contribution in [0, 0.1) is 0 Å². The Kier molecular flexibility index (Phi) is 5.70. The standard InChI is InChI=1S/C16H23N3O5S/c20-15-11-17(10-14-4-2-1-3-5-14)16(21)13-19(12-15)25(22,23)18-6-8-24-9-7-18/h1-5,15,20H,6-13H2. The minimum atomic E-state index is -3.79. The molecule has 2 aliphatic heterocycles. The molecule has 0 bridgehead atoms. The lowest BCUT2D eigenvalue weighted by Crippen LogP contribution is -2.51. The summed E-state index contributed by atoms with van der Waals surface area (Å²) in [6.45, 7) is 1.31. The second-order valence-electron chi connectivity index (χ2n) is 6.23. The van der Waals surface area contributed by atoms with Gasteiger partial charge in [0, 0.05) is 32.7 Å². The Morgan fingerprint density at radius 1 is 1.08 bits per heavy atom. The highest BCUT2D eigenvalue weighted by atomic mass is 32.2. The third kappa shape index (κ3) is 4.36. The number of hydrogen-bond donors (Lipinski definition) is 1. The van der Waals surface area contributed by atoms with Crippen molar-refractivity contribution in [1.29, 1.82) is 0 Å². The number of ether oxygens (including phenoxy) is 1. The minimum absolute atomic E-state index is 0.0866. The van der Waals surface area contributed by atoms with Crippen LogP contribution in [0.15, 0.2) is 30.3 Å². The van der Waals surface area contributed by atoms with Gasteiger partial charge in [0.15, 0.2) is 0 Å². The van der Waals surface area contributed by atoms with E-state index in [1.807, 2.05) is 30.3 Å². The van der Waals surface area contributed by atoms with Gasteiger partial charge in [0.1, 0.15) is 0 Å². The molecule has 3 rings (SSSR count). The normalized spacial score (nSPS) is 24.3. The number of carbonyl (C=O) groups is 1. The average molecular weight is 369 g/mol. The number of morpholine rings is 1. The molecule has 1 unspecified atom stereocenters. The van der Waals surface area contributed by atoms with Crippen LogP contribution in [0.4, 0.5) is 0 Å². The van der Waals surface area contributed by atoms with Crippen molar-refractivity contribution < 1.29 is 23.1 Å². The molecule has 2 fully saturated rings. The number of carbonyl (C=O) groups excluding carboxylic acids is 1. The second kappa shape index (κ2) is 7.79. The van der Waals surface area contributed by atoms with Crippen LogP contribution in [0.3, 0.4) is 0 Å². The summed E-state index contributed by atoms with van der Waals surface area (Å²) < 4.78 is 33.1. The van der Waals surface area contributed by atoms with Gasteiger partial charge in [0.05, 0.1) is 25.9 Å². The number of benzene rings is 1. The lowest BCUT2D eigenvalue weighted by atomic mass is 10.2. The number of amides is 1. The average Bonchev–Trinajstić information content (AvgIpc) is 2.75. The van der Waals surface area contributed by atoms with Crippen LogP contribution in [-0.4, -0.2) is 85.0 Å². The zero-order valence-electron chi connectivity index (χ0n) is 14.0. The highest BCUT2D eigenvalue weighted by Gasteiger charge is 2.37. The highest BCUT2D eigenvalue weighted by Crippen LogP contribution is 2.16. The first kappa shape index (κ1) is 18.3. The monoisotopic (exact) mass is 369 g/mol. The zero-order valence-corrected chi connectivity index (χ0v) is 14.8. The molecule has 1 N–H and O–H groups in total. The van der Waals surface area contributed by atoms with Crippen molar-refractivity contribution in [3.05, 3.63) is 35.9 Å². The molecule has 0 spiro atoms. The summed E-state index contributed by atoms with van der Waals surface area (Å²) in [5.41, 5.74) is 0.938. The molecule has 1 atom stereocenters. The van der Waals surface area contributed by atoms with E-state index in [4.69, 9.17) is 4.74 Å². The van der Waals surface area contributed by atoms with E-state index in [9.17, 15) is 18.3 Å². The number of aliphatic hydroxyl groups excluding tert-OH is 1. The van der Waals surface area contributed by atoms with Crippen molar-refractivity contribution in [3.8, 4) is 0 Å².